The van der Waals surface area contributed by atoms with E-state index in [0.29, 0.717) is 17.6 Å². The van der Waals surface area contributed by atoms with Crippen LogP contribution in [-0.4, -0.2) is 16.5 Å². The Morgan fingerprint density at radius 3 is 2.45 bits per heavy atom. The highest BCUT2D eigenvalue weighted by atomic mass is 16.3. The number of aliphatic hydroxyl groups is 1. The average molecular weight is 304 g/mol. The molecule has 2 heteroatoms. The van der Waals surface area contributed by atoms with Gasteiger partial charge in [0.2, 0.25) is 0 Å². The Kier molecular flexibility index (Phi) is 3.16. The van der Waals surface area contributed by atoms with E-state index in [9.17, 15) is 9.90 Å². The lowest BCUT2D eigenvalue weighted by molar-refractivity contribution is -0.158. The average Bonchev–Trinajstić information content (AvgIpc) is 2.69. The standard InChI is InChI=1S/C20H32O2/c1-18-10-4-5-17(21)16(18)7-6-13-14(18)8-11-19(2)15(13)9-12-20(19,3)22/h13-16,22H,4-12H2,1-3H3/t13-,14+,15+,16-,18-,19+,20+/m1/s1. The molecule has 0 aromatic carbocycles. The van der Waals surface area contributed by atoms with Gasteiger partial charge in [0.25, 0.3) is 0 Å². The first-order chi connectivity index (χ1) is 10.3. The van der Waals surface area contributed by atoms with Crippen LogP contribution >= 0.6 is 0 Å². The zero-order valence-electron chi connectivity index (χ0n) is 14.5. The predicted octanol–water partition coefficient (Wildman–Crippen LogP) is 4.35. The van der Waals surface area contributed by atoms with Crippen LogP contribution in [0.3, 0.4) is 0 Å². The van der Waals surface area contributed by atoms with E-state index < -0.39 is 5.60 Å². The SMILES string of the molecule is C[C@]12CCCC(=O)[C@H]1CC[C@@H]1[C@@H]2CC[C@@]2(C)[C@H]1CC[C@]2(C)O. The molecule has 1 N–H and O–H groups in total. The van der Waals surface area contributed by atoms with Gasteiger partial charge in [-0.2, -0.15) is 0 Å². The molecule has 0 aliphatic heterocycles. The van der Waals surface area contributed by atoms with E-state index >= 15 is 0 Å². The molecular weight excluding hydrogens is 272 g/mol. The first-order valence-corrected chi connectivity index (χ1v) is 9.55. The maximum absolute atomic E-state index is 12.5. The maximum Gasteiger partial charge on any atom is 0.136 e. The van der Waals surface area contributed by atoms with Crippen molar-refractivity contribution in [3.63, 3.8) is 0 Å². The van der Waals surface area contributed by atoms with Gasteiger partial charge in [0.05, 0.1) is 5.60 Å². The third kappa shape index (κ3) is 1.74. The normalized spacial score (nSPS) is 57.9. The first kappa shape index (κ1) is 15.2. The Labute approximate surface area is 135 Å². The summed E-state index contributed by atoms with van der Waals surface area (Å²) in [5.41, 5.74) is -0.118. The van der Waals surface area contributed by atoms with Gasteiger partial charge in [0.1, 0.15) is 5.78 Å². The molecule has 0 heterocycles. The largest absolute Gasteiger partial charge is 0.390 e. The van der Waals surface area contributed by atoms with Gasteiger partial charge >= 0.3 is 0 Å². The number of hydrogen-bond acceptors (Lipinski definition) is 2. The number of rotatable bonds is 0. The van der Waals surface area contributed by atoms with E-state index in [1.807, 2.05) is 0 Å². The molecular formula is C20H32O2. The van der Waals surface area contributed by atoms with E-state index in [-0.39, 0.29) is 10.8 Å². The van der Waals surface area contributed by atoms with E-state index in [1.165, 1.54) is 25.7 Å². The van der Waals surface area contributed by atoms with Crippen molar-refractivity contribution in [1.82, 2.24) is 0 Å². The molecule has 0 saturated heterocycles. The summed E-state index contributed by atoms with van der Waals surface area (Å²) in [6.45, 7) is 6.85. The molecule has 124 valence electrons. The summed E-state index contributed by atoms with van der Waals surface area (Å²) in [5, 5.41) is 10.9. The van der Waals surface area contributed by atoms with Crippen LogP contribution in [0.5, 0.6) is 0 Å². The van der Waals surface area contributed by atoms with Crippen LogP contribution in [-0.2, 0) is 4.79 Å². The van der Waals surface area contributed by atoms with E-state index in [2.05, 4.69) is 20.8 Å². The monoisotopic (exact) mass is 304 g/mol. The van der Waals surface area contributed by atoms with Crippen LogP contribution < -0.4 is 0 Å². The van der Waals surface area contributed by atoms with Gasteiger partial charge in [0, 0.05) is 12.3 Å². The zero-order valence-corrected chi connectivity index (χ0v) is 14.5. The number of carbonyl (C=O) groups is 1. The fraction of sp³-hybridized carbons (Fsp3) is 0.950. The molecule has 7 atom stereocenters. The molecule has 0 unspecified atom stereocenters. The summed E-state index contributed by atoms with van der Waals surface area (Å²) in [5.74, 6) is 3.05. The smallest absolute Gasteiger partial charge is 0.136 e. The Morgan fingerprint density at radius 1 is 0.955 bits per heavy atom. The molecule has 4 aliphatic carbocycles. The lowest BCUT2D eigenvalue weighted by atomic mass is 9.44. The molecule has 0 radical (unpaired) electrons. The number of hydrogen-bond donors (Lipinski definition) is 1. The van der Waals surface area contributed by atoms with Crippen LogP contribution in [0.25, 0.3) is 0 Å². The quantitative estimate of drug-likeness (QED) is 0.722. The Bertz CT molecular complexity index is 496. The molecule has 4 saturated carbocycles. The number of fused-ring (bicyclic) bond motifs is 5. The summed E-state index contributed by atoms with van der Waals surface area (Å²) in [6.07, 6.45) is 10.1. The molecule has 0 bridgehead atoms. The van der Waals surface area contributed by atoms with Gasteiger partial charge in [0.15, 0.2) is 0 Å². The molecule has 0 amide bonds. The molecule has 22 heavy (non-hydrogen) atoms. The van der Waals surface area contributed by atoms with Gasteiger partial charge in [-0.25, -0.2) is 0 Å². The van der Waals surface area contributed by atoms with Crippen molar-refractivity contribution >= 4 is 5.78 Å². The minimum Gasteiger partial charge on any atom is -0.390 e. The van der Waals surface area contributed by atoms with Crippen LogP contribution in [0.4, 0.5) is 0 Å². The van der Waals surface area contributed by atoms with Gasteiger partial charge in [-0.1, -0.05) is 13.8 Å². The van der Waals surface area contributed by atoms with Gasteiger partial charge in [-0.3, -0.25) is 4.79 Å². The third-order valence-electron chi connectivity index (χ3n) is 8.96. The summed E-state index contributed by atoms with van der Waals surface area (Å²) >= 11 is 0. The zero-order chi connectivity index (χ0) is 15.8. The highest BCUT2D eigenvalue weighted by molar-refractivity contribution is 5.82. The number of ketones is 1. The number of Topliss-reactive ketones (excluding diaryl/α,β-unsaturated/α-hetero) is 1. The maximum atomic E-state index is 12.5. The second-order valence-electron chi connectivity index (χ2n) is 9.60. The Morgan fingerprint density at radius 2 is 1.68 bits per heavy atom. The molecule has 0 aromatic rings. The van der Waals surface area contributed by atoms with Gasteiger partial charge in [-0.05, 0) is 86.9 Å². The molecule has 4 aliphatic rings. The molecule has 4 rings (SSSR count). The minimum absolute atomic E-state index is 0.107. The third-order valence-corrected chi connectivity index (χ3v) is 8.96. The van der Waals surface area contributed by atoms with E-state index in [0.717, 1.165) is 43.9 Å². The second-order valence-corrected chi connectivity index (χ2v) is 9.60. The van der Waals surface area contributed by atoms with Crippen molar-refractivity contribution in [2.45, 2.75) is 84.2 Å². The molecule has 2 nitrogen and oxygen atoms in total. The first-order valence-electron chi connectivity index (χ1n) is 9.55. The van der Waals surface area contributed by atoms with Crippen molar-refractivity contribution in [1.29, 1.82) is 0 Å². The highest BCUT2D eigenvalue weighted by Gasteiger charge is 2.63. The van der Waals surface area contributed by atoms with Crippen LogP contribution in [0.15, 0.2) is 0 Å². The van der Waals surface area contributed by atoms with Crippen molar-refractivity contribution in [2.75, 3.05) is 0 Å². The topological polar surface area (TPSA) is 37.3 Å². The summed E-state index contributed by atoms with van der Waals surface area (Å²) < 4.78 is 0. The highest BCUT2D eigenvalue weighted by Crippen LogP contribution is 2.67. The van der Waals surface area contributed by atoms with Crippen molar-refractivity contribution in [3.8, 4) is 0 Å². The summed E-state index contributed by atoms with van der Waals surface area (Å²) in [7, 11) is 0. The van der Waals surface area contributed by atoms with Crippen LogP contribution in [0.2, 0.25) is 0 Å². The van der Waals surface area contributed by atoms with E-state index in [4.69, 9.17) is 0 Å². The van der Waals surface area contributed by atoms with Crippen molar-refractivity contribution in [2.24, 2.45) is 34.5 Å². The van der Waals surface area contributed by atoms with Crippen LogP contribution in [0, 0.1) is 34.5 Å². The van der Waals surface area contributed by atoms with Crippen LogP contribution in [0.1, 0.15) is 78.6 Å². The number of carbonyl (C=O) groups excluding carboxylic acids is 1. The fourth-order valence-corrected chi connectivity index (χ4v) is 7.41. The lowest BCUT2D eigenvalue weighted by Gasteiger charge is -2.60. The van der Waals surface area contributed by atoms with E-state index in [1.54, 1.807) is 0 Å². The predicted molar refractivity (Wildman–Crippen MR) is 87.4 cm³/mol. The van der Waals surface area contributed by atoms with Gasteiger partial charge in [-0.15, -0.1) is 0 Å². The minimum atomic E-state index is -0.483. The molecule has 0 spiro atoms. The van der Waals surface area contributed by atoms with Gasteiger partial charge < -0.3 is 5.11 Å². The van der Waals surface area contributed by atoms with Crippen molar-refractivity contribution in [3.05, 3.63) is 0 Å². The second kappa shape index (κ2) is 4.59. The van der Waals surface area contributed by atoms with Crippen molar-refractivity contribution < 1.29 is 9.90 Å². The molecule has 4 fully saturated rings. The summed E-state index contributed by atoms with van der Waals surface area (Å²) in [4.78, 5) is 12.5. The lowest BCUT2D eigenvalue weighted by Crippen LogP contribution is -2.56. The Balaban J connectivity index is 1.67. The fourth-order valence-electron chi connectivity index (χ4n) is 7.41. The summed E-state index contributed by atoms with van der Waals surface area (Å²) in [6, 6.07) is 0. The Hall–Kier alpha value is -0.370. The molecule has 0 aromatic heterocycles.